The number of amides is 3. The van der Waals surface area contributed by atoms with Gasteiger partial charge in [0.15, 0.2) is 0 Å². The number of aromatic nitrogens is 2. The van der Waals surface area contributed by atoms with E-state index < -0.39 is 59.6 Å². The number of likely N-dealkylation sites (tertiary alicyclic amines) is 2. The summed E-state index contributed by atoms with van der Waals surface area (Å²) < 4.78 is 58.0. The van der Waals surface area contributed by atoms with E-state index in [0.29, 0.717) is 31.8 Å². The number of alkyl halides is 1. The smallest absolute Gasteiger partial charge is 0.410 e. The van der Waals surface area contributed by atoms with Crippen LogP contribution in [0.4, 0.5) is 22.8 Å². The van der Waals surface area contributed by atoms with Gasteiger partial charge in [0.1, 0.15) is 35.3 Å². The third-order valence-electron chi connectivity index (χ3n) is 9.40. The lowest BCUT2D eigenvalue weighted by atomic mass is 9.86. The lowest BCUT2D eigenvalue weighted by Gasteiger charge is -2.42. The monoisotopic (exact) mass is 727 g/mol. The summed E-state index contributed by atoms with van der Waals surface area (Å²) in [4.78, 5) is 48.8. The average molecular weight is 728 g/mol. The highest BCUT2D eigenvalue weighted by Gasteiger charge is 2.44. The van der Waals surface area contributed by atoms with Crippen molar-refractivity contribution in [3.8, 4) is 11.3 Å². The third kappa shape index (κ3) is 9.25. The first kappa shape index (κ1) is 38.6. The molecule has 0 radical (unpaired) electrons. The van der Waals surface area contributed by atoms with Crippen LogP contribution in [0.2, 0.25) is 0 Å². The van der Waals surface area contributed by atoms with Gasteiger partial charge in [0.05, 0.1) is 24.9 Å². The van der Waals surface area contributed by atoms with Crippen LogP contribution in [-0.4, -0.2) is 105 Å². The lowest BCUT2D eigenvalue weighted by molar-refractivity contribution is -0.145. The zero-order valence-electron chi connectivity index (χ0n) is 30.3. The number of piperidine rings is 1. The summed E-state index contributed by atoms with van der Waals surface area (Å²) in [7, 11) is 0. The van der Waals surface area contributed by atoms with Crippen LogP contribution in [0.3, 0.4) is 0 Å². The molecule has 2 aliphatic rings. The van der Waals surface area contributed by atoms with Gasteiger partial charge in [-0.15, -0.1) is 0 Å². The van der Waals surface area contributed by atoms with Crippen molar-refractivity contribution in [3.05, 3.63) is 77.8 Å². The number of hydrogen-bond donors (Lipinski definition) is 1. The van der Waals surface area contributed by atoms with E-state index in [-0.39, 0.29) is 50.0 Å². The van der Waals surface area contributed by atoms with E-state index in [1.54, 1.807) is 43.4 Å². The Morgan fingerprint density at radius 3 is 2.35 bits per heavy atom. The molecule has 1 unspecified atom stereocenters. The molecule has 2 aromatic carbocycles. The summed E-state index contributed by atoms with van der Waals surface area (Å²) in [5.41, 5.74) is 0.115. The summed E-state index contributed by atoms with van der Waals surface area (Å²) in [5, 5.41) is 10.8. The molecular weight excluding hydrogens is 679 g/mol. The van der Waals surface area contributed by atoms with E-state index in [2.05, 4.69) is 0 Å². The number of aliphatic hydroxyl groups is 1. The van der Waals surface area contributed by atoms with Crippen LogP contribution < -0.4 is 0 Å². The van der Waals surface area contributed by atoms with Gasteiger partial charge in [-0.25, -0.2) is 27.7 Å². The molecule has 3 amide bonds. The minimum absolute atomic E-state index is 0.0358. The van der Waals surface area contributed by atoms with Gasteiger partial charge in [-0.05, 0) is 77.1 Å². The molecule has 0 saturated carbocycles. The van der Waals surface area contributed by atoms with E-state index in [1.807, 2.05) is 30.3 Å². The van der Waals surface area contributed by atoms with Crippen molar-refractivity contribution in [1.82, 2.24) is 24.3 Å². The fourth-order valence-corrected chi connectivity index (χ4v) is 6.93. The number of halogens is 3. The second-order valence-corrected chi connectivity index (χ2v) is 14.5. The highest BCUT2D eigenvalue weighted by atomic mass is 19.1. The second kappa shape index (κ2) is 16.4. The van der Waals surface area contributed by atoms with E-state index in [1.165, 1.54) is 16.7 Å². The van der Waals surface area contributed by atoms with Gasteiger partial charge in [0.25, 0.3) is 5.91 Å². The van der Waals surface area contributed by atoms with Crippen LogP contribution in [-0.2, 0) is 20.8 Å². The second-order valence-electron chi connectivity index (χ2n) is 14.5. The number of hydrogen-bond acceptors (Lipinski definition) is 7. The largest absolute Gasteiger partial charge is 0.450 e. The Labute approximate surface area is 302 Å². The molecule has 0 bridgehead atoms. The Morgan fingerprint density at radius 1 is 1.02 bits per heavy atom. The van der Waals surface area contributed by atoms with Gasteiger partial charge in [-0.3, -0.25) is 4.79 Å². The van der Waals surface area contributed by atoms with Crippen molar-refractivity contribution in [1.29, 1.82) is 0 Å². The fraction of sp³-hybridized carbons (Fsp3) is 0.526. The molecule has 2 aliphatic heterocycles. The van der Waals surface area contributed by atoms with Crippen molar-refractivity contribution < 1.29 is 42.1 Å². The van der Waals surface area contributed by atoms with Gasteiger partial charge in [0.2, 0.25) is 0 Å². The number of aliphatic hydroxyl groups excluding tert-OH is 1. The molecule has 282 valence electrons. The summed E-state index contributed by atoms with van der Waals surface area (Å²) in [5.74, 6) is -2.92. The minimum atomic E-state index is -1.51. The van der Waals surface area contributed by atoms with E-state index >= 15 is 8.78 Å². The summed E-state index contributed by atoms with van der Waals surface area (Å²) in [6, 6.07) is 11.6. The van der Waals surface area contributed by atoms with Crippen LogP contribution in [0.5, 0.6) is 0 Å². The highest BCUT2D eigenvalue weighted by molar-refractivity contribution is 5.81. The topological polar surface area (TPSA) is 117 Å². The number of rotatable bonds is 10. The summed E-state index contributed by atoms with van der Waals surface area (Å²) in [6.45, 7) is 8.79. The number of carbonyl (C=O) groups is 3. The van der Waals surface area contributed by atoms with Gasteiger partial charge in [-0.2, -0.15) is 0 Å². The normalized spacial score (nSPS) is 19.3. The Balaban J connectivity index is 1.60. The Kier molecular flexibility index (Phi) is 12.2. The SMILES string of the molecule is CCOC(=O)N1CCC(C(c2nc(-c3cc(F)ccc3F)cn2Cc2ccccc2)N(C[C@@H]2CN(C(=O)OC(C)(C)C)C[C@@H]2F)C(=O)[C@H](C)O)CC1. The standard InChI is InChI=1S/C38H48F3N5O6/c1-6-51-36(49)43-16-14-26(15-17-43)33(46(35(48)24(2)47)21-27-20-45(22-31(27)41)37(50)52-38(3,4)5)34-42-32(29-18-28(39)12-13-30(29)40)23-44(34)19-25-10-8-7-9-11-25/h7-13,18,23-24,26-27,31,33,47H,6,14-17,19-22H2,1-5H3/t24-,27-,31-,33?/m0/s1. The van der Waals surface area contributed by atoms with Crippen molar-refractivity contribution in [2.45, 2.75) is 77.9 Å². The van der Waals surface area contributed by atoms with Crippen LogP contribution in [0.25, 0.3) is 11.3 Å². The molecule has 0 spiro atoms. The first-order valence-electron chi connectivity index (χ1n) is 17.7. The molecule has 14 heteroatoms. The zero-order chi connectivity index (χ0) is 37.7. The molecule has 1 aromatic heterocycles. The summed E-state index contributed by atoms with van der Waals surface area (Å²) in [6.07, 6.45) is -1.74. The highest BCUT2D eigenvalue weighted by Crippen LogP contribution is 2.39. The first-order valence-corrected chi connectivity index (χ1v) is 17.7. The number of benzene rings is 2. The molecule has 4 atom stereocenters. The Morgan fingerprint density at radius 2 is 1.71 bits per heavy atom. The summed E-state index contributed by atoms with van der Waals surface area (Å²) >= 11 is 0. The quantitative estimate of drug-likeness (QED) is 0.264. The molecule has 0 aliphatic carbocycles. The minimum Gasteiger partial charge on any atom is -0.450 e. The van der Waals surface area contributed by atoms with Crippen molar-refractivity contribution in [2.24, 2.45) is 11.8 Å². The molecule has 2 fully saturated rings. The van der Waals surface area contributed by atoms with Crippen LogP contribution in [0.1, 0.15) is 64.9 Å². The molecule has 5 rings (SSSR count). The predicted molar refractivity (Wildman–Crippen MR) is 187 cm³/mol. The number of carbonyl (C=O) groups excluding carboxylic acids is 3. The Hall–Kier alpha value is -4.59. The van der Waals surface area contributed by atoms with E-state index in [4.69, 9.17) is 14.5 Å². The maximum Gasteiger partial charge on any atom is 0.410 e. The van der Waals surface area contributed by atoms with Crippen molar-refractivity contribution >= 4 is 18.1 Å². The fourth-order valence-electron chi connectivity index (χ4n) is 6.93. The van der Waals surface area contributed by atoms with Gasteiger partial charge in [-0.1, -0.05) is 30.3 Å². The van der Waals surface area contributed by atoms with Gasteiger partial charge >= 0.3 is 12.2 Å². The molecule has 3 heterocycles. The van der Waals surface area contributed by atoms with Crippen LogP contribution >= 0.6 is 0 Å². The van der Waals surface area contributed by atoms with E-state index in [9.17, 15) is 23.9 Å². The maximum absolute atomic E-state index is 15.8. The van der Waals surface area contributed by atoms with Gasteiger partial charge in [0, 0.05) is 50.4 Å². The molecule has 52 heavy (non-hydrogen) atoms. The van der Waals surface area contributed by atoms with Crippen molar-refractivity contribution in [3.63, 3.8) is 0 Å². The number of imidazole rings is 1. The molecule has 2 saturated heterocycles. The maximum atomic E-state index is 15.8. The average Bonchev–Trinajstić information content (AvgIpc) is 3.68. The van der Waals surface area contributed by atoms with Crippen molar-refractivity contribution in [2.75, 3.05) is 39.3 Å². The third-order valence-corrected chi connectivity index (χ3v) is 9.40. The number of ether oxygens (including phenoxy) is 2. The number of nitrogens with zero attached hydrogens (tertiary/aromatic N) is 5. The van der Waals surface area contributed by atoms with E-state index in [0.717, 1.165) is 23.8 Å². The molecular formula is C38H48F3N5O6. The lowest BCUT2D eigenvalue weighted by Crippen LogP contribution is -2.50. The van der Waals surface area contributed by atoms with Crippen LogP contribution in [0, 0.1) is 23.5 Å². The first-order chi connectivity index (χ1) is 24.6. The molecule has 11 nitrogen and oxygen atoms in total. The predicted octanol–water partition coefficient (Wildman–Crippen LogP) is 6.20. The molecule has 3 aromatic rings. The molecule has 1 N–H and O–H groups in total. The van der Waals surface area contributed by atoms with Gasteiger partial charge < -0.3 is 33.8 Å². The zero-order valence-corrected chi connectivity index (χ0v) is 30.3. The van der Waals surface area contributed by atoms with Crippen LogP contribution in [0.15, 0.2) is 54.7 Å². The Bertz CT molecular complexity index is 1710.